The zero-order valence-electron chi connectivity index (χ0n) is 31.1. The van der Waals surface area contributed by atoms with Crippen LogP contribution in [0.4, 0.5) is 0 Å². The lowest BCUT2D eigenvalue weighted by Gasteiger charge is -2.13. The van der Waals surface area contributed by atoms with Crippen molar-refractivity contribution in [2.45, 2.75) is 39.5 Å². The first-order valence-electron chi connectivity index (χ1n) is 18.3. The Hall–Kier alpha value is -2.24. The van der Waals surface area contributed by atoms with E-state index in [1.807, 2.05) is 6.92 Å². The van der Waals surface area contributed by atoms with Crippen molar-refractivity contribution in [3.63, 3.8) is 0 Å². The highest BCUT2D eigenvalue weighted by atomic mass is 16.6. The minimum absolute atomic E-state index is 0.00753. The van der Waals surface area contributed by atoms with Crippen molar-refractivity contribution in [2.75, 3.05) is 145 Å². The van der Waals surface area contributed by atoms with Crippen molar-refractivity contribution in [3.8, 4) is 5.75 Å². The molecule has 0 bridgehead atoms. The minimum Gasteiger partial charge on any atom is -0.491 e. The number of carbonyl (C=O) groups excluding carboxylic acids is 2. The second-order valence-corrected chi connectivity index (χ2v) is 11.1. The second-order valence-electron chi connectivity index (χ2n) is 11.1. The highest BCUT2D eigenvalue weighted by molar-refractivity contribution is 5.74. The predicted octanol–water partition coefficient (Wildman–Crippen LogP) is 3.80. The van der Waals surface area contributed by atoms with Gasteiger partial charge in [0.1, 0.15) is 25.2 Å². The number of hydrogen-bond acceptors (Lipinski definition) is 14. The molecule has 0 aliphatic carbocycles. The average molecular weight is 733 g/mol. The Morgan fingerprint density at radius 3 is 1.16 bits per heavy atom. The van der Waals surface area contributed by atoms with Crippen LogP contribution in [0.5, 0.6) is 5.75 Å². The summed E-state index contributed by atoms with van der Waals surface area (Å²) in [5, 5.41) is 0. The number of carbonyl (C=O) groups is 2. The molecule has 0 heterocycles. The maximum Gasteiger partial charge on any atom is 0.308 e. The minimum atomic E-state index is -0.123. The molecule has 0 N–H and O–H groups in total. The summed E-state index contributed by atoms with van der Waals surface area (Å²) in [5.74, 6) is 0.570. The lowest BCUT2D eigenvalue weighted by Crippen LogP contribution is -2.20. The van der Waals surface area contributed by atoms with Gasteiger partial charge in [-0.05, 0) is 37.1 Å². The fourth-order valence-corrected chi connectivity index (χ4v) is 4.20. The van der Waals surface area contributed by atoms with E-state index < -0.39 is 0 Å². The van der Waals surface area contributed by atoms with Gasteiger partial charge in [-0.25, -0.2) is 0 Å². The first-order valence-corrected chi connectivity index (χ1v) is 18.3. The third kappa shape index (κ3) is 31.0. The van der Waals surface area contributed by atoms with Crippen molar-refractivity contribution < 1.29 is 66.4 Å². The summed E-state index contributed by atoms with van der Waals surface area (Å²) >= 11 is 0. The number of ether oxygens (including phenoxy) is 12. The maximum atomic E-state index is 12.0. The smallest absolute Gasteiger partial charge is 0.308 e. The molecule has 14 heteroatoms. The van der Waals surface area contributed by atoms with E-state index >= 15 is 0 Å². The summed E-state index contributed by atoms with van der Waals surface area (Å²) in [4.78, 5) is 22.7. The fourth-order valence-electron chi connectivity index (χ4n) is 4.20. The summed E-state index contributed by atoms with van der Waals surface area (Å²) in [6, 6.07) is 6.93. The molecule has 0 fully saturated rings. The molecule has 1 aromatic carbocycles. The van der Waals surface area contributed by atoms with Crippen LogP contribution >= 0.6 is 0 Å². The molecule has 1 unspecified atom stereocenters. The van der Waals surface area contributed by atoms with Gasteiger partial charge in [-0.3, -0.25) is 9.59 Å². The van der Waals surface area contributed by atoms with Crippen molar-refractivity contribution in [3.05, 3.63) is 29.8 Å². The summed E-state index contributed by atoms with van der Waals surface area (Å²) in [7, 11) is 0. The number of aldehydes is 1. The second kappa shape index (κ2) is 37.5. The van der Waals surface area contributed by atoms with Crippen LogP contribution in [0.1, 0.15) is 49.9 Å². The van der Waals surface area contributed by atoms with Crippen molar-refractivity contribution >= 4 is 12.3 Å². The normalized spacial score (nSPS) is 11.9. The monoisotopic (exact) mass is 732 g/mol. The van der Waals surface area contributed by atoms with E-state index in [-0.39, 0.29) is 18.5 Å². The third-order valence-corrected chi connectivity index (χ3v) is 7.06. The first-order chi connectivity index (χ1) is 25.2. The summed E-state index contributed by atoms with van der Waals surface area (Å²) < 4.78 is 65.6. The molecule has 0 saturated carbocycles. The largest absolute Gasteiger partial charge is 0.491 e. The van der Waals surface area contributed by atoms with Crippen LogP contribution in [0.3, 0.4) is 0 Å². The first kappa shape index (κ1) is 46.8. The molecule has 0 saturated heterocycles. The summed E-state index contributed by atoms with van der Waals surface area (Å²) in [6.45, 7) is 14.4. The Morgan fingerprint density at radius 1 is 0.510 bits per heavy atom. The topological polar surface area (TPSA) is 145 Å². The van der Waals surface area contributed by atoms with E-state index in [9.17, 15) is 9.59 Å². The SMILES string of the molecule is CCCCC(CC)C(=O)OCCOCCOCCOCCOCCOCCOCCOCCOCCOCCOCCOc1ccc(C=O)cc1. The van der Waals surface area contributed by atoms with E-state index in [1.54, 1.807) is 24.3 Å². The van der Waals surface area contributed by atoms with Gasteiger partial charge in [-0.1, -0.05) is 26.7 Å². The van der Waals surface area contributed by atoms with E-state index in [4.69, 9.17) is 56.8 Å². The zero-order valence-corrected chi connectivity index (χ0v) is 31.1. The molecule has 1 atom stereocenters. The van der Waals surface area contributed by atoms with Crippen molar-refractivity contribution in [1.82, 2.24) is 0 Å². The average Bonchev–Trinajstić information content (AvgIpc) is 3.15. The zero-order chi connectivity index (χ0) is 36.7. The van der Waals surface area contributed by atoms with Gasteiger partial charge in [-0.2, -0.15) is 0 Å². The Bertz CT molecular complexity index is 889. The lowest BCUT2D eigenvalue weighted by atomic mass is 10.00. The van der Waals surface area contributed by atoms with Crippen LogP contribution in [0.2, 0.25) is 0 Å². The number of rotatable bonds is 40. The molecule has 0 amide bonds. The Kier molecular flexibility index (Phi) is 34.4. The molecule has 0 spiro atoms. The molecular formula is C37H64O14. The standard InChI is InChI=1S/C37H64O14/c1-3-5-6-35(4-2)37(39)51-32-30-49-28-26-47-24-22-45-20-18-43-16-14-41-12-11-40-13-15-42-17-19-44-21-23-46-25-27-48-29-31-50-36-9-7-34(33-38)8-10-36/h7-10,33,35H,3-6,11-32H2,1-2H3. The van der Waals surface area contributed by atoms with Gasteiger partial charge in [-0.15, -0.1) is 0 Å². The van der Waals surface area contributed by atoms with Gasteiger partial charge in [0.05, 0.1) is 138 Å². The van der Waals surface area contributed by atoms with Gasteiger partial charge in [0.15, 0.2) is 0 Å². The summed E-state index contributed by atoms with van der Waals surface area (Å²) in [5.41, 5.74) is 0.615. The summed E-state index contributed by atoms with van der Waals surface area (Å²) in [6.07, 6.45) is 4.62. The molecule has 1 aromatic rings. The van der Waals surface area contributed by atoms with Gasteiger partial charge in [0.25, 0.3) is 0 Å². The molecule has 1 rings (SSSR count). The van der Waals surface area contributed by atoms with Gasteiger partial charge < -0.3 is 56.8 Å². The number of unbranched alkanes of at least 4 members (excludes halogenated alkanes) is 1. The van der Waals surface area contributed by atoms with Crippen LogP contribution < -0.4 is 4.74 Å². The number of esters is 1. The van der Waals surface area contributed by atoms with Crippen molar-refractivity contribution in [2.24, 2.45) is 5.92 Å². The fraction of sp³-hybridized carbons (Fsp3) is 0.784. The van der Waals surface area contributed by atoms with Gasteiger partial charge in [0.2, 0.25) is 0 Å². The van der Waals surface area contributed by atoms with Gasteiger partial charge >= 0.3 is 5.97 Å². The Morgan fingerprint density at radius 2 is 0.843 bits per heavy atom. The predicted molar refractivity (Wildman–Crippen MR) is 190 cm³/mol. The lowest BCUT2D eigenvalue weighted by molar-refractivity contribution is -0.150. The quantitative estimate of drug-likeness (QED) is 0.0548. The molecule has 14 nitrogen and oxygen atoms in total. The highest BCUT2D eigenvalue weighted by Gasteiger charge is 2.17. The van der Waals surface area contributed by atoms with E-state index in [1.165, 1.54) is 0 Å². The van der Waals surface area contributed by atoms with Crippen LogP contribution in [-0.2, 0) is 56.9 Å². The molecule has 296 valence electrons. The maximum absolute atomic E-state index is 12.0. The van der Waals surface area contributed by atoms with Crippen LogP contribution in [0, 0.1) is 5.92 Å². The Labute approximate surface area is 304 Å². The number of hydrogen-bond donors (Lipinski definition) is 0. The highest BCUT2D eigenvalue weighted by Crippen LogP contribution is 2.14. The molecule has 0 aromatic heterocycles. The molecular weight excluding hydrogens is 668 g/mol. The van der Waals surface area contributed by atoms with E-state index in [2.05, 4.69) is 6.92 Å². The van der Waals surface area contributed by atoms with Crippen LogP contribution in [0.15, 0.2) is 24.3 Å². The molecule has 0 aliphatic rings. The van der Waals surface area contributed by atoms with Crippen molar-refractivity contribution in [1.29, 1.82) is 0 Å². The Balaban J connectivity index is 1.66. The van der Waals surface area contributed by atoms with Crippen LogP contribution in [-0.4, -0.2) is 158 Å². The number of benzene rings is 1. The third-order valence-electron chi connectivity index (χ3n) is 7.06. The van der Waals surface area contributed by atoms with Crippen LogP contribution in [0.25, 0.3) is 0 Å². The molecule has 51 heavy (non-hydrogen) atoms. The molecule has 0 radical (unpaired) electrons. The van der Waals surface area contributed by atoms with Gasteiger partial charge in [0, 0.05) is 5.56 Å². The van der Waals surface area contributed by atoms with E-state index in [0.29, 0.717) is 150 Å². The van der Waals surface area contributed by atoms with E-state index in [0.717, 1.165) is 32.0 Å². The molecule has 0 aliphatic heterocycles.